The van der Waals surface area contributed by atoms with Crippen molar-refractivity contribution >= 4 is 17.6 Å². The molecule has 0 aliphatic carbocycles. The minimum Gasteiger partial charge on any atom is -0.480 e. The monoisotopic (exact) mass is 262 g/mol. The Morgan fingerprint density at radius 3 is 2.53 bits per heavy atom. The molecule has 1 aromatic rings. The number of nitrogens with zero attached hydrogens (tertiary/aromatic N) is 3. The average Bonchev–Trinajstić information content (AvgIpc) is 2.36. The minimum absolute atomic E-state index is 0.146. The van der Waals surface area contributed by atoms with Crippen molar-refractivity contribution in [1.82, 2.24) is 5.32 Å². The molecular formula is C12H14N4O3. The molecule has 1 rings (SSSR count). The molecule has 0 bridgehead atoms. The van der Waals surface area contributed by atoms with Crippen LogP contribution in [0.25, 0.3) is 10.4 Å². The van der Waals surface area contributed by atoms with E-state index in [9.17, 15) is 9.59 Å². The molecule has 1 aromatic carbocycles. The number of rotatable bonds is 5. The fourth-order valence-corrected chi connectivity index (χ4v) is 1.53. The van der Waals surface area contributed by atoms with Crippen LogP contribution in [-0.2, 0) is 4.79 Å². The number of carbonyl (C=O) groups is 2. The molecule has 19 heavy (non-hydrogen) atoms. The van der Waals surface area contributed by atoms with E-state index in [-0.39, 0.29) is 17.2 Å². The number of hydrogen-bond acceptors (Lipinski definition) is 3. The topological polar surface area (TPSA) is 115 Å². The Kier molecular flexibility index (Phi) is 4.91. The van der Waals surface area contributed by atoms with E-state index in [0.29, 0.717) is 0 Å². The highest BCUT2D eigenvalue weighted by atomic mass is 16.4. The second-order valence-electron chi connectivity index (χ2n) is 4.24. The lowest BCUT2D eigenvalue weighted by Crippen LogP contribution is -2.44. The van der Waals surface area contributed by atoms with Crippen molar-refractivity contribution < 1.29 is 14.7 Å². The van der Waals surface area contributed by atoms with Crippen molar-refractivity contribution in [3.8, 4) is 0 Å². The van der Waals surface area contributed by atoms with Gasteiger partial charge in [-0.1, -0.05) is 37.2 Å². The summed E-state index contributed by atoms with van der Waals surface area (Å²) in [5.41, 5.74) is 8.72. The maximum absolute atomic E-state index is 12.0. The van der Waals surface area contributed by atoms with E-state index in [4.69, 9.17) is 10.6 Å². The van der Waals surface area contributed by atoms with Gasteiger partial charge >= 0.3 is 5.97 Å². The number of amides is 1. The molecule has 0 heterocycles. The molecule has 0 spiro atoms. The van der Waals surface area contributed by atoms with Crippen molar-refractivity contribution in [2.45, 2.75) is 19.9 Å². The Balaban J connectivity index is 3.01. The van der Waals surface area contributed by atoms with Gasteiger partial charge in [0.25, 0.3) is 5.91 Å². The second-order valence-corrected chi connectivity index (χ2v) is 4.24. The van der Waals surface area contributed by atoms with E-state index in [1.165, 1.54) is 12.1 Å². The fourth-order valence-electron chi connectivity index (χ4n) is 1.53. The predicted octanol–water partition coefficient (Wildman–Crippen LogP) is 2.47. The van der Waals surface area contributed by atoms with Crippen molar-refractivity contribution in [3.63, 3.8) is 0 Å². The number of carboxylic acids is 1. The number of hydrogen-bond donors (Lipinski definition) is 2. The molecule has 0 aromatic heterocycles. The Bertz CT molecular complexity index is 536. The summed E-state index contributed by atoms with van der Waals surface area (Å²) in [5, 5.41) is 14.8. The summed E-state index contributed by atoms with van der Waals surface area (Å²) >= 11 is 0. The minimum atomic E-state index is -1.11. The maximum atomic E-state index is 12.0. The summed E-state index contributed by atoms with van der Waals surface area (Å²) in [6, 6.07) is 5.19. The third kappa shape index (κ3) is 3.72. The number of benzene rings is 1. The van der Waals surface area contributed by atoms with Crippen LogP contribution in [0, 0.1) is 5.92 Å². The molecule has 0 saturated carbocycles. The molecule has 7 heteroatoms. The highest BCUT2D eigenvalue weighted by Gasteiger charge is 2.24. The Morgan fingerprint density at radius 2 is 2.00 bits per heavy atom. The SMILES string of the molecule is CC(C)C(NC(=O)c1ccccc1N=[N+]=[N-])C(=O)O. The van der Waals surface area contributed by atoms with Crippen LogP contribution in [0.2, 0.25) is 0 Å². The molecule has 0 saturated heterocycles. The van der Waals surface area contributed by atoms with Crippen LogP contribution in [0.1, 0.15) is 24.2 Å². The number of carbonyl (C=O) groups excluding carboxylic acids is 1. The average molecular weight is 262 g/mol. The summed E-state index contributed by atoms with van der Waals surface area (Å²) in [6.45, 7) is 3.39. The molecule has 2 N–H and O–H groups in total. The van der Waals surface area contributed by atoms with Crippen LogP contribution in [0.4, 0.5) is 5.69 Å². The standard InChI is InChI=1S/C12H14N4O3/c1-7(2)10(12(18)19)14-11(17)8-5-3-4-6-9(8)15-16-13/h3-7,10H,1-2H3,(H,14,17)(H,18,19). The first-order valence-electron chi connectivity index (χ1n) is 5.65. The molecule has 100 valence electrons. The zero-order valence-electron chi connectivity index (χ0n) is 10.6. The van der Waals surface area contributed by atoms with Gasteiger partial charge in [0.15, 0.2) is 0 Å². The number of azide groups is 1. The quantitative estimate of drug-likeness (QED) is 0.482. The van der Waals surface area contributed by atoms with E-state index < -0.39 is 17.9 Å². The molecule has 0 aliphatic heterocycles. The van der Waals surface area contributed by atoms with Crippen molar-refractivity contribution in [2.24, 2.45) is 11.0 Å². The third-order valence-corrected chi connectivity index (χ3v) is 2.52. The van der Waals surface area contributed by atoms with Gasteiger partial charge in [0.1, 0.15) is 6.04 Å². The smallest absolute Gasteiger partial charge is 0.326 e. The largest absolute Gasteiger partial charge is 0.480 e. The molecular weight excluding hydrogens is 248 g/mol. The third-order valence-electron chi connectivity index (χ3n) is 2.52. The van der Waals surface area contributed by atoms with E-state index in [1.807, 2.05) is 0 Å². The van der Waals surface area contributed by atoms with Crippen LogP contribution in [0.3, 0.4) is 0 Å². The normalized spacial score (nSPS) is 11.5. The van der Waals surface area contributed by atoms with Crippen LogP contribution in [0.15, 0.2) is 29.4 Å². The first kappa shape index (κ1) is 14.5. The maximum Gasteiger partial charge on any atom is 0.326 e. The van der Waals surface area contributed by atoms with Crippen molar-refractivity contribution in [2.75, 3.05) is 0 Å². The molecule has 1 unspecified atom stereocenters. The molecule has 7 nitrogen and oxygen atoms in total. The number of nitrogens with one attached hydrogen (secondary N) is 1. The summed E-state index contributed by atoms with van der Waals surface area (Å²) in [7, 11) is 0. The van der Waals surface area contributed by atoms with Gasteiger partial charge < -0.3 is 10.4 Å². The molecule has 0 aliphatic rings. The van der Waals surface area contributed by atoms with Gasteiger partial charge in [0, 0.05) is 10.5 Å². The predicted molar refractivity (Wildman–Crippen MR) is 69.0 cm³/mol. The Morgan fingerprint density at radius 1 is 1.37 bits per heavy atom. The van der Waals surface area contributed by atoms with Crippen LogP contribution < -0.4 is 5.32 Å². The zero-order chi connectivity index (χ0) is 14.4. The van der Waals surface area contributed by atoms with Gasteiger partial charge in [-0.3, -0.25) is 4.79 Å². The zero-order valence-corrected chi connectivity index (χ0v) is 10.6. The Hall–Kier alpha value is -2.53. The van der Waals surface area contributed by atoms with Crippen LogP contribution in [0.5, 0.6) is 0 Å². The summed E-state index contributed by atoms with van der Waals surface area (Å²) in [6.07, 6.45) is 0. The van der Waals surface area contributed by atoms with Gasteiger partial charge in [0.2, 0.25) is 0 Å². The summed E-state index contributed by atoms with van der Waals surface area (Å²) in [5.74, 6) is -1.94. The van der Waals surface area contributed by atoms with Gasteiger partial charge in [0.05, 0.1) is 5.69 Å². The van der Waals surface area contributed by atoms with Gasteiger partial charge in [-0.05, 0) is 17.5 Å². The Labute approximate surface area is 109 Å². The molecule has 0 radical (unpaired) electrons. The molecule has 1 amide bonds. The molecule has 0 fully saturated rings. The number of aliphatic carboxylic acids is 1. The van der Waals surface area contributed by atoms with Crippen molar-refractivity contribution in [3.05, 3.63) is 40.3 Å². The lowest BCUT2D eigenvalue weighted by atomic mass is 10.0. The van der Waals surface area contributed by atoms with Crippen LogP contribution in [-0.4, -0.2) is 23.0 Å². The van der Waals surface area contributed by atoms with E-state index >= 15 is 0 Å². The number of carboxylic acid groups (broad SMARTS) is 1. The highest BCUT2D eigenvalue weighted by Crippen LogP contribution is 2.19. The summed E-state index contributed by atoms with van der Waals surface area (Å²) < 4.78 is 0. The summed E-state index contributed by atoms with van der Waals surface area (Å²) in [4.78, 5) is 25.7. The van der Waals surface area contributed by atoms with Gasteiger partial charge in [-0.2, -0.15) is 0 Å². The van der Waals surface area contributed by atoms with E-state index in [1.54, 1.807) is 26.0 Å². The van der Waals surface area contributed by atoms with Gasteiger partial charge in [-0.15, -0.1) is 0 Å². The van der Waals surface area contributed by atoms with E-state index in [2.05, 4.69) is 15.3 Å². The lowest BCUT2D eigenvalue weighted by molar-refractivity contribution is -0.140. The first-order valence-corrected chi connectivity index (χ1v) is 5.65. The first-order chi connectivity index (χ1) is 8.97. The lowest BCUT2D eigenvalue weighted by Gasteiger charge is -2.18. The second kappa shape index (κ2) is 6.42. The highest BCUT2D eigenvalue weighted by molar-refractivity contribution is 6.00. The van der Waals surface area contributed by atoms with E-state index in [0.717, 1.165) is 0 Å². The van der Waals surface area contributed by atoms with Crippen molar-refractivity contribution in [1.29, 1.82) is 0 Å². The van der Waals surface area contributed by atoms with Crippen LogP contribution >= 0.6 is 0 Å². The molecule has 1 atom stereocenters. The fraction of sp³-hybridized carbons (Fsp3) is 0.333. The van der Waals surface area contributed by atoms with Gasteiger partial charge in [-0.25, -0.2) is 4.79 Å².